The Hall–Kier alpha value is -6.00. The molecule has 4 heteroatoms. The summed E-state index contributed by atoms with van der Waals surface area (Å²) in [5, 5.41) is 0. The largest absolute Gasteiger partial charge is 0.308 e. The molecule has 1 aliphatic carbocycles. The van der Waals surface area contributed by atoms with E-state index in [0.717, 1.165) is 39.6 Å². The van der Waals surface area contributed by atoms with Gasteiger partial charge in [-0.25, -0.2) is 9.97 Å². The zero-order valence-corrected chi connectivity index (χ0v) is 24.5. The summed E-state index contributed by atoms with van der Waals surface area (Å²) in [4.78, 5) is 15.4. The van der Waals surface area contributed by atoms with Gasteiger partial charge in [-0.1, -0.05) is 140 Å². The van der Waals surface area contributed by atoms with Gasteiger partial charge in [-0.2, -0.15) is 0 Å². The number of hydrogen-bond acceptors (Lipinski definition) is 4. The molecule has 0 saturated carbocycles. The second-order valence-electron chi connectivity index (χ2n) is 11.4. The monoisotopic (exact) mass is 576 g/mol. The molecular formula is C41H28N4. The van der Waals surface area contributed by atoms with Gasteiger partial charge in [-0.15, -0.1) is 0 Å². The van der Waals surface area contributed by atoms with Crippen LogP contribution in [0.3, 0.4) is 0 Å². The number of nitrogens with zero attached hydrogens (tertiary/aromatic N) is 4. The van der Waals surface area contributed by atoms with Crippen LogP contribution in [-0.2, 0) is 5.66 Å². The lowest BCUT2D eigenvalue weighted by atomic mass is 9.92. The second kappa shape index (κ2) is 10.0. The fraction of sp³-hybridized carbons (Fsp3) is 0.0244. The van der Waals surface area contributed by atoms with Crippen molar-refractivity contribution in [1.29, 1.82) is 0 Å². The van der Waals surface area contributed by atoms with Gasteiger partial charge in [0.05, 0.1) is 29.0 Å². The average molecular weight is 577 g/mol. The lowest BCUT2D eigenvalue weighted by Gasteiger charge is -2.45. The first-order chi connectivity index (χ1) is 22.4. The molecule has 2 heterocycles. The molecule has 45 heavy (non-hydrogen) atoms. The van der Waals surface area contributed by atoms with E-state index in [1.165, 1.54) is 22.3 Å². The van der Waals surface area contributed by atoms with Gasteiger partial charge in [-0.05, 0) is 35.4 Å². The van der Waals surface area contributed by atoms with Crippen molar-refractivity contribution in [1.82, 2.24) is 9.97 Å². The normalized spacial score (nSPS) is 13.9. The molecule has 1 aliphatic heterocycles. The Morgan fingerprint density at radius 1 is 0.422 bits per heavy atom. The SMILES string of the molecule is c1ccc(-c2ncc(N3c4ccccc4N(c4ccccc4)C34c3ccccc3-c3ccccc34)c(-c3ccccc3)n2)cc1. The Bertz CT molecular complexity index is 2130. The van der Waals surface area contributed by atoms with Crippen molar-refractivity contribution >= 4 is 22.7 Å². The van der Waals surface area contributed by atoms with E-state index < -0.39 is 5.66 Å². The van der Waals surface area contributed by atoms with Gasteiger partial charge < -0.3 is 9.80 Å². The molecule has 9 rings (SSSR count). The maximum absolute atomic E-state index is 5.32. The first-order valence-electron chi connectivity index (χ1n) is 15.3. The molecule has 0 amide bonds. The van der Waals surface area contributed by atoms with Crippen LogP contribution in [0.1, 0.15) is 11.1 Å². The molecule has 2 aliphatic rings. The summed E-state index contributed by atoms with van der Waals surface area (Å²) < 4.78 is 0. The van der Waals surface area contributed by atoms with E-state index in [1.54, 1.807) is 0 Å². The van der Waals surface area contributed by atoms with E-state index >= 15 is 0 Å². The van der Waals surface area contributed by atoms with E-state index in [2.05, 4.69) is 155 Å². The van der Waals surface area contributed by atoms with Crippen LogP contribution in [0.2, 0.25) is 0 Å². The summed E-state index contributed by atoms with van der Waals surface area (Å²) in [6, 6.07) is 57.8. The Morgan fingerprint density at radius 2 is 0.911 bits per heavy atom. The number of anilines is 4. The lowest BCUT2D eigenvalue weighted by molar-refractivity contribution is 0.574. The number of para-hydroxylation sites is 3. The van der Waals surface area contributed by atoms with Crippen molar-refractivity contribution < 1.29 is 0 Å². The van der Waals surface area contributed by atoms with Crippen molar-refractivity contribution in [3.63, 3.8) is 0 Å². The number of aromatic nitrogens is 2. The van der Waals surface area contributed by atoms with Crippen LogP contribution < -0.4 is 9.80 Å². The Morgan fingerprint density at radius 3 is 1.53 bits per heavy atom. The zero-order valence-electron chi connectivity index (χ0n) is 24.5. The third kappa shape index (κ3) is 3.66. The fourth-order valence-electron chi connectivity index (χ4n) is 7.24. The van der Waals surface area contributed by atoms with E-state index in [1.807, 2.05) is 24.4 Å². The summed E-state index contributed by atoms with van der Waals surface area (Å²) in [6.45, 7) is 0. The number of hydrogen-bond donors (Lipinski definition) is 0. The maximum atomic E-state index is 5.32. The minimum atomic E-state index is -0.737. The van der Waals surface area contributed by atoms with Crippen molar-refractivity contribution in [2.45, 2.75) is 5.66 Å². The molecule has 0 saturated heterocycles. The predicted molar refractivity (Wildman–Crippen MR) is 183 cm³/mol. The highest BCUT2D eigenvalue weighted by atomic mass is 15.5. The quantitative estimate of drug-likeness (QED) is 0.209. The molecule has 4 nitrogen and oxygen atoms in total. The minimum Gasteiger partial charge on any atom is -0.308 e. The molecule has 0 unspecified atom stereocenters. The summed E-state index contributed by atoms with van der Waals surface area (Å²) in [7, 11) is 0. The minimum absolute atomic E-state index is 0.701. The summed E-state index contributed by atoms with van der Waals surface area (Å²) in [5.41, 5.74) is 11.4. The van der Waals surface area contributed by atoms with Crippen molar-refractivity contribution in [2.24, 2.45) is 0 Å². The third-order valence-corrected chi connectivity index (χ3v) is 9.01. The lowest BCUT2D eigenvalue weighted by Crippen LogP contribution is -2.50. The molecule has 0 atom stereocenters. The van der Waals surface area contributed by atoms with E-state index in [4.69, 9.17) is 9.97 Å². The highest BCUT2D eigenvalue weighted by molar-refractivity contribution is 6.00. The van der Waals surface area contributed by atoms with Crippen molar-refractivity contribution in [2.75, 3.05) is 9.80 Å². The molecule has 1 spiro atoms. The molecule has 212 valence electrons. The van der Waals surface area contributed by atoms with Crippen LogP contribution in [-0.4, -0.2) is 9.97 Å². The maximum Gasteiger partial charge on any atom is 0.176 e. The van der Waals surface area contributed by atoms with Gasteiger partial charge in [0.1, 0.15) is 0 Å². The van der Waals surface area contributed by atoms with Crippen molar-refractivity contribution in [3.05, 3.63) is 181 Å². The van der Waals surface area contributed by atoms with Crippen LogP contribution >= 0.6 is 0 Å². The molecule has 1 aromatic heterocycles. The molecule has 0 fully saturated rings. The van der Waals surface area contributed by atoms with Gasteiger partial charge in [0.15, 0.2) is 11.5 Å². The number of benzene rings is 6. The van der Waals surface area contributed by atoms with Crippen molar-refractivity contribution in [3.8, 4) is 33.8 Å². The van der Waals surface area contributed by atoms with Gasteiger partial charge in [0, 0.05) is 27.9 Å². The van der Waals surface area contributed by atoms with Crippen LogP contribution in [0.4, 0.5) is 22.7 Å². The predicted octanol–water partition coefficient (Wildman–Crippen LogP) is 9.98. The van der Waals surface area contributed by atoms with E-state index in [9.17, 15) is 0 Å². The summed E-state index contributed by atoms with van der Waals surface area (Å²) in [5.74, 6) is 0.701. The Balaban J connectivity index is 1.42. The topological polar surface area (TPSA) is 32.3 Å². The van der Waals surface area contributed by atoms with Gasteiger partial charge >= 0.3 is 0 Å². The molecule has 6 aromatic carbocycles. The van der Waals surface area contributed by atoms with Crippen LogP contribution in [0, 0.1) is 0 Å². The van der Waals surface area contributed by atoms with Gasteiger partial charge in [0.2, 0.25) is 0 Å². The molecular weight excluding hydrogens is 548 g/mol. The van der Waals surface area contributed by atoms with E-state index in [0.29, 0.717) is 5.82 Å². The number of fused-ring (bicyclic) bond motifs is 6. The summed E-state index contributed by atoms with van der Waals surface area (Å²) in [6.07, 6.45) is 2.02. The van der Waals surface area contributed by atoms with Gasteiger partial charge in [0.25, 0.3) is 0 Å². The van der Waals surface area contributed by atoms with Crippen LogP contribution in [0.25, 0.3) is 33.8 Å². The Labute approximate surface area is 262 Å². The fourth-order valence-corrected chi connectivity index (χ4v) is 7.24. The second-order valence-corrected chi connectivity index (χ2v) is 11.4. The average Bonchev–Trinajstić information content (AvgIpc) is 3.59. The molecule has 7 aromatic rings. The molecule has 0 bridgehead atoms. The first-order valence-corrected chi connectivity index (χ1v) is 15.3. The van der Waals surface area contributed by atoms with Crippen LogP contribution in [0.5, 0.6) is 0 Å². The van der Waals surface area contributed by atoms with Crippen LogP contribution in [0.15, 0.2) is 170 Å². The highest BCUT2D eigenvalue weighted by Crippen LogP contribution is 2.65. The number of rotatable bonds is 4. The highest BCUT2D eigenvalue weighted by Gasteiger charge is 2.58. The third-order valence-electron chi connectivity index (χ3n) is 9.01. The Kier molecular flexibility index (Phi) is 5.69. The van der Waals surface area contributed by atoms with Gasteiger partial charge in [-0.3, -0.25) is 0 Å². The van der Waals surface area contributed by atoms with E-state index in [-0.39, 0.29) is 0 Å². The summed E-state index contributed by atoms with van der Waals surface area (Å²) >= 11 is 0. The molecule has 0 radical (unpaired) electrons. The first kappa shape index (κ1) is 25.5. The molecule has 0 N–H and O–H groups in total. The zero-order chi connectivity index (χ0) is 29.8. The standard InChI is InChI=1S/C41H28N4/c1-4-16-29(17-5-1)39-38(28-42-40(43-39)30-18-6-2-7-19-30)45-37-27-15-14-26-36(37)44(31-20-8-3-9-21-31)41(45)34-24-12-10-22-32(34)33-23-11-13-25-35(33)41/h1-28H. The smallest absolute Gasteiger partial charge is 0.176 e.